The second kappa shape index (κ2) is 6.57. The number of benzene rings is 1. The van der Waals surface area contributed by atoms with Crippen LogP contribution in [0, 0.1) is 0 Å². The van der Waals surface area contributed by atoms with Crippen molar-refractivity contribution in [3.8, 4) is 11.6 Å². The summed E-state index contributed by atoms with van der Waals surface area (Å²) in [7, 11) is 1.53. The van der Waals surface area contributed by atoms with Crippen LogP contribution in [0.3, 0.4) is 0 Å². The van der Waals surface area contributed by atoms with Gasteiger partial charge in [0.05, 0.1) is 18.4 Å². The van der Waals surface area contributed by atoms with E-state index in [9.17, 15) is 9.59 Å². The number of carbonyl (C=O) groups excluding carboxylic acids is 2. The van der Waals surface area contributed by atoms with Crippen molar-refractivity contribution in [2.45, 2.75) is 19.6 Å². The first kappa shape index (κ1) is 15.8. The van der Waals surface area contributed by atoms with Gasteiger partial charge < -0.3 is 20.1 Å². The lowest BCUT2D eigenvalue weighted by Crippen LogP contribution is -2.35. The van der Waals surface area contributed by atoms with Crippen LogP contribution in [-0.2, 0) is 11.3 Å². The monoisotopic (exact) mass is 327 g/mol. The van der Waals surface area contributed by atoms with Crippen molar-refractivity contribution < 1.29 is 19.1 Å². The number of aromatic nitrogens is 1. The minimum absolute atomic E-state index is 0.236. The molecule has 1 atom stereocenters. The number of hydrogen-bond donors (Lipinski definition) is 2. The van der Waals surface area contributed by atoms with Gasteiger partial charge in [0.15, 0.2) is 11.9 Å². The molecule has 2 amide bonds. The highest BCUT2D eigenvalue weighted by Gasteiger charge is 2.27. The molecule has 0 radical (unpaired) electrons. The molecule has 0 aliphatic carbocycles. The third kappa shape index (κ3) is 3.01. The zero-order valence-electron chi connectivity index (χ0n) is 13.3. The van der Waals surface area contributed by atoms with Crippen molar-refractivity contribution in [1.29, 1.82) is 0 Å². The molecule has 0 spiro atoms. The van der Waals surface area contributed by atoms with E-state index in [2.05, 4.69) is 15.6 Å². The third-order valence-electron chi connectivity index (χ3n) is 3.66. The Morgan fingerprint density at radius 2 is 2.21 bits per heavy atom. The van der Waals surface area contributed by atoms with Gasteiger partial charge >= 0.3 is 0 Å². The van der Waals surface area contributed by atoms with Crippen LogP contribution in [0.5, 0.6) is 11.6 Å². The topological polar surface area (TPSA) is 89.6 Å². The summed E-state index contributed by atoms with van der Waals surface area (Å²) in [5, 5.41) is 5.54. The molecule has 1 aliphatic heterocycles. The normalized spacial score (nSPS) is 15.8. The molecule has 2 N–H and O–H groups in total. The number of pyridine rings is 1. The summed E-state index contributed by atoms with van der Waals surface area (Å²) in [4.78, 5) is 28.3. The Kier molecular flexibility index (Phi) is 4.33. The van der Waals surface area contributed by atoms with Crippen LogP contribution >= 0.6 is 0 Å². The van der Waals surface area contributed by atoms with E-state index < -0.39 is 6.10 Å². The van der Waals surface area contributed by atoms with E-state index in [0.29, 0.717) is 22.9 Å². The van der Waals surface area contributed by atoms with E-state index in [1.54, 1.807) is 37.4 Å². The van der Waals surface area contributed by atoms with E-state index >= 15 is 0 Å². The molecule has 1 aromatic carbocycles. The predicted octanol–water partition coefficient (Wildman–Crippen LogP) is 1.74. The van der Waals surface area contributed by atoms with E-state index in [0.717, 1.165) is 5.56 Å². The number of carbonyl (C=O) groups is 2. The largest absolute Gasteiger partial charge is 0.481 e. The molecule has 2 aromatic rings. The van der Waals surface area contributed by atoms with Gasteiger partial charge in [-0.3, -0.25) is 9.59 Å². The van der Waals surface area contributed by atoms with Crippen LogP contribution in [0.2, 0.25) is 0 Å². The van der Waals surface area contributed by atoms with Crippen molar-refractivity contribution in [3.05, 3.63) is 47.7 Å². The van der Waals surface area contributed by atoms with Crippen LogP contribution < -0.4 is 20.1 Å². The zero-order valence-corrected chi connectivity index (χ0v) is 13.3. The summed E-state index contributed by atoms with van der Waals surface area (Å²) < 4.78 is 10.7. The zero-order chi connectivity index (χ0) is 17.1. The first-order valence-corrected chi connectivity index (χ1v) is 7.46. The number of para-hydroxylation sites is 1. The molecule has 1 aromatic heterocycles. The first-order chi connectivity index (χ1) is 11.6. The van der Waals surface area contributed by atoms with E-state index in [1.807, 2.05) is 6.07 Å². The SMILES string of the molecule is COc1ncccc1CNC(=O)c1cccc2c1OC(C)C(=O)N2. The number of methoxy groups -OCH3 is 1. The van der Waals surface area contributed by atoms with Crippen molar-refractivity contribution in [2.24, 2.45) is 0 Å². The molecule has 1 aliphatic rings. The van der Waals surface area contributed by atoms with Gasteiger partial charge in [0.25, 0.3) is 11.8 Å². The fourth-order valence-corrected chi connectivity index (χ4v) is 2.42. The molecule has 7 nitrogen and oxygen atoms in total. The van der Waals surface area contributed by atoms with Gasteiger partial charge in [-0.15, -0.1) is 0 Å². The fraction of sp³-hybridized carbons (Fsp3) is 0.235. The second-order valence-electron chi connectivity index (χ2n) is 5.29. The number of anilines is 1. The van der Waals surface area contributed by atoms with E-state index in [1.165, 1.54) is 7.11 Å². The molecular weight excluding hydrogens is 310 g/mol. The number of nitrogens with one attached hydrogen (secondary N) is 2. The molecule has 0 bridgehead atoms. The van der Waals surface area contributed by atoms with Gasteiger partial charge in [-0.05, 0) is 25.1 Å². The summed E-state index contributed by atoms with van der Waals surface area (Å²) in [5.74, 6) is 0.298. The molecule has 0 fully saturated rings. The smallest absolute Gasteiger partial charge is 0.265 e. The average molecular weight is 327 g/mol. The maximum Gasteiger partial charge on any atom is 0.265 e. The highest BCUT2D eigenvalue weighted by molar-refractivity contribution is 6.03. The lowest BCUT2D eigenvalue weighted by molar-refractivity contribution is -0.122. The number of hydrogen-bond acceptors (Lipinski definition) is 5. The minimum atomic E-state index is -0.648. The summed E-state index contributed by atoms with van der Waals surface area (Å²) in [5.41, 5.74) is 1.62. The van der Waals surface area contributed by atoms with Gasteiger partial charge in [0.2, 0.25) is 5.88 Å². The number of ether oxygens (including phenoxy) is 2. The summed E-state index contributed by atoms with van der Waals surface area (Å²) in [6.45, 7) is 1.90. The van der Waals surface area contributed by atoms with Gasteiger partial charge in [-0.25, -0.2) is 4.98 Å². The van der Waals surface area contributed by atoms with Crippen molar-refractivity contribution in [3.63, 3.8) is 0 Å². The molecule has 3 rings (SSSR count). The van der Waals surface area contributed by atoms with Gasteiger partial charge in [-0.1, -0.05) is 12.1 Å². The average Bonchev–Trinajstić information content (AvgIpc) is 2.60. The molecule has 7 heteroatoms. The Morgan fingerprint density at radius 1 is 1.38 bits per heavy atom. The summed E-state index contributed by atoms with van der Waals surface area (Å²) >= 11 is 0. The lowest BCUT2D eigenvalue weighted by atomic mass is 10.1. The molecular formula is C17H17N3O4. The van der Waals surface area contributed by atoms with Gasteiger partial charge in [-0.2, -0.15) is 0 Å². The Hall–Kier alpha value is -3.09. The van der Waals surface area contributed by atoms with Crippen LogP contribution in [-0.4, -0.2) is 30.0 Å². The quantitative estimate of drug-likeness (QED) is 0.893. The van der Waals surface area contributed by atoms with Gasteiger partial charge in [0.1, 0.15) is 0 Å². The second-order valence-corrected chi connectivity index (χ2v) is 5.29. The van der Waals surface area contributed by atoms with Crippen molar-refractivity contribution >= 4 is 17.5 Å². The maximum atomic E-state index is 12.5. The molecule has 24 heavy (non-hydrogen) atoms. The molecule has 2 heterocycles. The third-order valence-corrected chi connectivity index (χ3v) is 3.66. The number of nitrogens with zero attached hydrogens (tertiary/aromatic N) is 1. The van der Waals surface area contributed by atoms with E-state index in [-0.39, 0.29) is 18.4 Å². The Bertz CT molecular complexity index is 791. The minimum Gasteiger partial charge on any atom is -0.481 e. The Balaban J connectivity index is 1.79. The lowest BCUT2D eigenvalue weighted by Gasteiger charge is -2.25. The van der Waals surface area contributed by atoms with E-state index in [4.69, 9.17) is 9.47 Å². The van der Waals surface area contributed by atoms with Crippen LogP contribution in [0.4, 0.5) is 5.69 Å². The molecule has 124 valence electrons. The Morgan fingerprint density at radius 3 is 3.00 bits per heavy atom. The number of rotatable bonds is 4. The molecule has 0 saturated heterocycles. The fourth-order valence-electron chi connectivity index (χ4n) is 2.42. The van der Waals surface area contributed by atoms with Crippen LogP contribution in [0.1, 0.15) is 22.8 Å². The van der Waals surface area contributed by atoms with Crippen LogP contribution in [0.25, 0.3) is 0 Å². The molecule has 1 unspecified atom stereocenters. The predicted molar refractivity (Wildman–Crippen MR) is 87.1 cm³/mol. The maximum absolute atomic E-state index is 12.5. The summed E-state index contributed by atoms with van der Waals surface area (Å²) in [6, 6.07) is 8.64. The van der Waals surface area contributed by atoms with Crippen molar-refractivity contribution in [2.75, 3.05) is 12.4 Å². The highest BCUT2D eigenvalue weighted by atomic mass is 16.5. The van der Waals surface area contributed by atoms with Gasteiger partial charge in [0, 0.05) is 18.3 Å². The number of amides is 2. The van der Waals surface area contributed by atoms with Crippen molar-refractivity contribution in [1.82, 2.24) is 10.3 Å². The number of fused-ring (bicyclic) bond motifs is 1. The molecule has 0 saturated carbocycles. The highest BCUT2D eigenvalue weighted by Crippen LogP contribution is 2.33. The van der Waals surface area contributed by atoms with Crippen LogP contribution in [0.15, 0.2) is 36.5 Å². The summed E-state index contributed by atoms with van der Waals surface area (Å²) in [6.07, 6.45) is 0.972. The first-order valence-electron chi connectivity index (χ1n) is 7.46. The standard InChI is InChI=1S/C17H17N3O4/c1-10-15(21)20-13-7-3-6-12(14(13)24-10)16(22)19-9-11-5-4-8-18-17(11)23-2/h3-8,10H,9H2,1-2H3,(H,19,22)(H,20,21). The Labute approximate surface area is 139 Å².